The zero-order valence-electron chi connectivity index (χ0n) is 10.0. The van der Waals surface area contributed by atoms with Crippen LogP contribution >= 0.6 is 0 Å². The Labute approximate surface area is 96.2 Å². The predicted molar refractivity (Wildman–Crippen MR) is 63.1 cm³/mol. The monoisotopic (exact) mass is 224 g/mol. The summed E-state index contributed by atoms with van der Waals surface area (Å²) in [5, 5.41) is 3.98. The van der Waals surface area contributed by atoms with Crippen molar-refractivity contribution in [2.75, 3.05) is 20.1 Å². The fraction of sp³-hybridized carbons (Fsp3) is 0.636. The average Bonchev–Trinajstić information content (AvgIpc) is 2.69. The van der Waals surface area contributed by atoms with Gasteiger partial charge in [0.15, 0.2) is 0 Å². The number of rotatable bonds is 6. The van der Waals surface area contributed by atoms with Crippen molar-refractivity contribution in [2.45, 2.75) is 19.3 Å². The normalized spacial score (nSPS) is 10.4. The first-order valence-corrected chi connectivity index (χ1v) is 5.60. The van der Waals surface area contributed by atoms with Crippen molar-refractivity contribution in [1.29, 1.82) is 0 Å². The van der Waals surface area contributed by atoms with Gasteiger partial charge in [-0.25, -0.2) is 0 Å². The van der Waals surface area contributed by atoms with Crippen LogP contribution in [0.1, 0.15) is 29.8 Å². The van der Waals surface area contributed by atoms with Gasteiger partial charge in [0, 0.05) is 26.8 Å². The molecule has 1 aromatic rings. The van der Waals surface area contributed by atoms with Crippen molar-refractivity contribution in [3.05, 3.63) is 18.0 Å². The molecule has 16 heavy (non-hydrogen) atoms. The number of hydrogen-bond donors (Lipinski definition) is 1. The van der Waals surface area contributed by atoms with Crippen LogP contribution in [0.2, 0.25) is 0 Å². The largest absolute Gasteiger partial charge is 0.340 e. The molecular weight excluding hydrogens is 204 g/mol. The number of carbonyl (C=O) groups is 1. The predicted octanol–water partition coefficient (Wildman–Crippen LogP) is 0.621. The second-order valence-corrected chi connectivity index (χ2v) is 3.92. The van der Waals surface area contributed by atoms with Gasteiger partial charge in [0.1, 0.15) is 5.69 Å². The van der Waals surface area contributed by atoms with E-state index in [0.717, 1.165) is 32.4 Å². The maximum atomic E-state index is 11.9. The van der Waals surface area contributed by atoms with Crippen molar-refractivity contribution in [2.24, 2.45) is 12.8 Å². The summed E-state index contributed by atoms with van der Waals surface area (Å²) in [4.78, 5) is 13.7. The van der Waals surface area contributed by atoms with Gasteiger partial charge in [-0.3, -0.25) is 9.48 Å². The number of nitrogens with two attached hydrogens (primary N) is 1. The van der Waals surface area contributed by atoms with Gasteiger partial charge >= 0.3 is 0 Å². The van der Waals surface area contributed by atoms with Crippen molar-refractivity contribution in [3.63, 3.8) is 0 Å². The molecule has 0 bridgehead atoms. The summed E-state index contributed by atoms with van der Waals surface area (Å²) < 4.78 is 1.60. The first-order valence-electron chi connectivity index (χ1n) is 5.60. The molecule has 1 rings (SSSR count). The summed E-state index contributed by atoms with van der Waals surface area (Å²) in [5.74, 6) is 0.0211. The Balaban J connectivity index is 2.40. The van der Waals surface area contributed by atoms with E-state index in [-0.39, 0.29) is 5.91 Å². The third-order valence-electron chi connectivity index (χ3n) is 2.58. The van der Waals surface area contributed by atoms with Crippen LogP contribution in [0.25, 0.3) is 0 Å². The summed E-state index contributed by atoms with van der Waals surface area (Å²) in [6.07, 6.45) is 4.72. The Kier molecular flexibility index (Phi) is 4.98. The molecular formula is C11H20N4O. The number of unbranched alkanes of at least 4 members (excludes halogenated alkanes) is 2. The molecule has 0 fully saturated rings. The fourth-order valence-corrected chi connectivity index (χ4v) is 1.55. The van der Waals surface area contributed by atoms with E-state index in [2.05, 4.69) is 5.10 Å². The molecule has 5 nitrogen and oxygen atoms in total. The zero-order chi connectivity index (χ0) is 12.0. The van der Waals surface area contributed by atoms with E-state index in [0.29, 0.717) is 5.69 Å². The lowest BCUT2D eigenvalue weighted by atomic mass is 10.2. The summed E-state index contributed by atoms with van der Waals surface area (Å²) >= 11 is 0. The second-order valence-electron chi connectivity index (χ2n) is 3.92. The van der Waals surface area contributed by atoms with Crippen molar-refractivity contribution >= 4 is 5.91 Å². The average molecular weight is 224 g/mol. The van der Waals surface area contributed by atoms with E-state index in [1.54, 1.807) is 28.9 Å². The number of aromatic nitrogens is 2. The van der Waals surface area contributed by atoms with E-state index < -0.39 is 0 Å². The molecule has 0 atom stereocenters. The van der Waals surface area contributed by atoms with Crippen LogP contribution < -0.4 is 5.73 Å². The van der Waals surface area contributed by atoms with Crippen molar-refractivity contribution < 1.29 is 4.79 Å². The first-order chi connectivity index (χ1) is 7.66. The quantitative estimate of drug-likeness (QED) is 0.720. The van der Waals surface area contributed by atoms with Crippen LogP contribution in [0.5, 0.6) is 0 Å². The van der Waals surface area contributed by atoms with Crippen LogP contribution in [-0.2, 0) is 7.05 Å². The van der Waals surface area contributed by atoms with Gasteiger partial charge in [0.05, 0.1) is 0 Å². The van der Waals surface area contributed by atoms with Crippen LogP contribution in [0.3, 0.4) is 0 Å². The maximum absolute atomic E-state index is 11.9. The Hall–Kier alpha value is -1.36. The molecule has 0 saturated carbocycles. The van der Waals surface area contributed by atoms with E-state index >= 15 is 0 Å². The number of nitrogens with zero attached hydrogens (tertiary/aromatic N) is 3. The lowest BCUT2D eigenvalue weighted by molar-refractivity contribution is 0.0782. The first kappa shape index (κ1) is 12.7. The van der Waals surface area contributed by atoms with E-state index in [9.17, 15) is 4.79 Å². The van der Waals surface area contributed by atoms with Gasteiger partial charge in [0.25, 0.3) is 5.91 Å². The van der Waals surface area contributed by atoms with Crippen LogP contribution in [0.4, 0.5) is 0 Å². The molecule has 0 aromatic carbocycles. The van der Waals surface area contributed by atoms with Crippen LogP contribution in [0, 0.1) is 0 Å². The van der Waals surface area contributed by atoms with Crippen LogP contribution in [0.15, 0.2) is 12.3 Å². The molecule has 1 amide bonds. The Morgan fingerprint density at radius 3 is 2.81 bits per heavy atom. The molecule has 0 unspecified atom stereocenters. The van der Waals surface area contributed by atoms with E-state index in [1.807, 2.05) is 7.05 Å². The highest BCUT2D eigenvalue weighted by atomic mass is 16.2. The minimum atomic E-state index is 0.0211. The third-order valence-corrected chi connectivity index (χ3v) is 2.58. The zero-order valence-corrected chi connectivity index (χ0v) is 10.0. The Morgan fingerprint density at radius 2 is 2.25 bits per heavy atom. The van der Waals surface area contributed by atoms with Gasteiger partial charge in [-0.15, -0.1) is 0 Å². The van der Waals surface area contributed by atoms with Gasteiger partial charge in [-0.2, -0.15) is 5.10 Å². The second kappa shape index (κ2) is 6.27. The standard InChI is InChI=1S/C11H20N4O/c1-14(9-5-3-4-7-12)11(16)10-6-8-13-15(10)2/h6,8H,3-5,7,9,12H2,1-2H3. The molecule has 0 aliphatic rings. The molecule has 5 heteroatoms. The van der Waals surface area contributed by atoms with Gasteiger partial charge < -0.3 is 10.6 Å². The Morgan fingerprint density at radius 1 is 1.50 bits per heavy atom. The fourth-order valence-electron chi connectivity index (χ4n) is 1.55. The molecule has 0 radical (unpaired) electrons. The number of hydrogen-bond acceptors (Lipinski definition) is 3. The lowest BCUT2D eigenvalue weighted by Crippen LogP contribution is -2.29. The van der Waals surface area contributed by atoms with Crippen molar-refractivity contribution in [1.82, 2.24) is 14.7 Å². The molecule has 0 spiro atoms. The maximum Gasteiger partial charge on any atom is 0.271 e. The van der Waals surface area contributed by atoms with E-state index in [4.69, 9.17) is 5.73 Å². The molecule has 2 N–H and O–H groups in total. The SMILES string of the molecule is CN(CCCCCN)C(=O)c1ccnn1C. The number of aryl methyl sites for hydroxylation is 1. The molecule has 0 aliphatic carbocycles. The topological polar surface area (TPSA) is 64.2 Å². The lowest BCUT2D eigenvalue weighted by Gasteiger charge is -2.16. The number of amides is 1. The molecule has 0 saturated heterocycles. The van der Waals surface area contributed by atoms with Gasteiger partial charge in [-0.1, -0.05) is 6.42 Å². The molecule has 90 valence electrons. The molecule has 1 aromatic heterocycles. The van der Waals surface area contributed by atoms with E-state index in [1.165, 1.54) is 0 Å². The van der Waals surface area contributed by atoms with Crippen LogP contribution in [-0.4, -0.2) is 40.7 Å². The number of carbonyl (C=O) groups excluding carboxylic acids is 1. The van der Waals surface area contributed by atoms with Gasteiger partial charge in [-0.05, 0) is 25.5 Å². The van der Waals surface area contributed by atoms with Crippen molar-refractivity contribution in [3.8, 4) is 0 Å². The minimum Gasteiger partial charge on any atom is -0.340 e. The minimum absolute atomic E-state index is 0.0211. The Bertz CT molecular complexity index is 334. The molecule has 1 heterocycles. The summed E-state index contributed by atoms with van der Waals surface area (Å²) in [7, 11) is 3.59. The summed E-state index contributed by atoms with van der Waals surface area (Å²) in [6, 6.07) is 1.73. The highest BCUT2D eigenvalue weighted by Gasteiger charge is 2.14. The summed E-state index contributed by atoms with van der Waals surface area (Å²) in [5.41, 5.74) is 6.04. The highest BCUT2D eigenvalue weighted by Crippen LogP contribution is 2.03. The highest BCUT2D eigenvalue weighted by molar-refractivity contribution is 5.92. The molecule has 0 aliphatic heterocycles. The van der Waals surface area contributed by atoms with Gasteiger partial charge in [0.2, 0.25) is 0 Å². The third kappa shape index (κ3) is 3.34. The smallest absolute Gasteiger partial charge is 0.271 e. The summed E-state index contributed by atoms with van der Waals surface area (Å²) in [6.45, 7) is 1.49.